The van der Waals surface area contributed by atoms with Crippen molar-refractivity contribution in [3.8, 4) is 0 Å². The zero-order chi connectivity index (χ0) is 10.1. The van der Waals surface area contributed by atoms with Crippen LogP contribution in [0, 0.1) is 0 Å². The highest BCUT2D eigenvalue weighted by molar-refractivity contribution is 5.33. The van der Waals surface area contributed by atoms with Crippen molar-refractivity contribution in [3.63, 3.8) is 0 Å². The van der Waals surface area contributed by atoms with Crippen LogP contribution in [-0.2, 0) is 19.9 Å². The van der Waals surface area contributed by atoms with Gasteiger partial charge in [0.15, 0.2) is 0 Å². The van der Waals surface area contributed by atoms with Gasteiger partial charge in [0.1, 0.15) is 0 Å². The van der Waals surface area contributed by atoms with Crippen LogP contribution in [0.4, 0.5) is 0 Å². The molecule has 1 atom stereocenters. The number of fused-ring (bicyclic) bond motifs is 1. The summed E-state index contributed by atoms with van der Waals surface area (Å²) in [6, 6.07) is 0. The Labute approximate surface area is 85.3 Å². The Kier molecular flexibility index (Phi) is 2.59. The molecule has 0 bridgehead atoms. The summed E-state index contributed by atoms with van der Waals surface area (Å²) in [6.07, 6.45) is 4.70. The van der Waals surface area contributed by atoms with Crippen LogP contribution in [-0.4, -0.2) is 16.3 Å². The predicted octanol–water partition coefficient (Wildman–Crippen LogP) is 1.36. The minimum absolute atomic E-state index is 0.558. The molecule has 0 saturated carbocycles. The Morgan fingerprint density at radius 2 is 2.36 bits per heavy atom. The highest BCUT2D eigenvalue weighted by Crippen LogP contribution is 2.33. The molecule has 0 aliphatic heterocycles. The maximum absolute atomic E-state index is 5.81. The molecular formula is C11H19N3. The monoisotopic (exact) mass is 193 g/mol. The average Bonchev–Trinajstić information content (AvgIpc) is 2.56. The Bertz CT molecular complexity index is 328. The van der Waals surface area contributed by atoms with Gasteiger partial charge in [-0.2, -0.15) is 5.10 Å². The summed E-state index contributed by atoms with van der Waals surface area (Å²) in [7, 11) is 2.05. The molecule has 1 unspecified atom stereocenters. The molecule has 3 heteroatoms. The molecule has 0 radical (unpaired) electrons. The van der Waals surface area contributed by atoms with Gasteiger partial charge in [0, 0.05) is 18.3 Å². The highest BCUT2D eigenvalue weighted by Gasteiger charge is 2.25. The van der Waals surface area contributed by atoms with Gasteiger partial charge in [0.2, 0.25) is 0 Å². The van der Waals surface area contributed by atoms with Gasteiger partial charge in [0.25, 0.3) is 0 Å². The second-order valence-electron chi connectivity index (χ2n) is 4.11. The van der Waals surface area contributed by atoms with Crippen molar-refractivity contribution in [1.82, 2.24) is 9.78 Å². The third kappa shape index (κ3) is 1.36. The molecule has 3 nitrogen and oxygen atoms in total. The van der Waals surface area contributed by atoms with Crippen LogP contribution in [0.3, 0.4) is 0 Å². The van der Waals surface area contributed by atoms with Crippen LogP contribution in [0.2, 0.25) is 0 Å². The van der Waals surface area contributed by atoms with E-state index < -0.39 is 0 Å². The Morgan fingerprint density at radius 3 is 3.00 bits per heavy atom. The predicted molar refractivity (Wildman–Crippen MR) is 57.3 cm³/mol. The number of aryl methyl sites for hydroxylation is 2. The van der Waals surface area contributed by atoms with Gasteiger partial charge in [-0.3, -0.25) is 4.68 Å². The van der Waals surface area contributed by atoms with Crippen molar-refractivity contribution in [2.24, 2.45) is 12.8 Å². The van der Waals surface area contributed by atoms with Gasteiger partial charge in [0.05, 0.1) is 5.69 Å². The third-order valence-corrected chi connectivity index (χ3v) is 3.28. The van der Waals surface area contributed by atoms with E-state index in [0.29, 0.717) is 5.92 Å². The summed E-state index contributed by atoms with van der Waals surface area (Å²) in [6.45, 7) is 2.94. The van der Waals surface area contributed by atoms with Crippen LogP contribution >= 0.6 is 0 Å². The van der Waals surface area contributed by atoms with E-state index in [1.54, 1.807) is 0 Å². The van der Waals surface area contributed by atoms with Crippen molar-refractivity contribution in [3.05, 3.63) is 17.0 Å². The van der Waals surface area contributed by atoms with E-state index >= 15 is 0 Å². The molecule has 2 rings (SSSR count). The number of hydrogen-bond donors (Lipinski definition) is 1. The summed E-state index contributed by atoms with van der Waals surface area (Å²) in [5.74, 6) is 0.558. The van der Waals surface area contributed by atoms with Gasteiger partial charge >= 0.3 is 0 Å². The fourth-order valence-corrected chi connectivity index (χ4v) is 2.56. The second kappa shape index (κ2) is 3.73. The summed E-state index contributed by atoms with van der Waals surface area (Å²) in [5, 5.41) is 4.57. The van der Waals surface area contributed by atoms with Crippen LogP contribution in [0.15, 0.2) is 0 Å². The topological polar surface area (TPSA) is 43.8 Å². The van der Waals surface area contributed by atoms with Crippen LogP contribution < -0.4 is 5.73 Å². The van der Waals surface area contributed by atoms with Gasteiger partial charge in [-0.25, -0.2) is 0 Å². The Balaban J connectivity index is 2.48. The normalized spacial score (nSPS) is 20.9. The lowest BCUT2D eigenvalue weighted by Crippen LogP contribution is -2.19. The van der Waals surface area contributed by atoms with Gasteiger partial charge < -0.3 is 5.73 Å². The molecule has 0 amide bonds. The van der Waals surface area contributed by atoms with Crippen molar-refractivity contribution in [1.29, 1.82) is 0 Å². The summed E-state index contributed by atoms with van der Waals surface area (Å²) in [5.41, 5.74) is 9.96. The molecule has 1 aromatic rings. The SMILES string of the molecule is CCc1nn(C)c2c1C(CN)CCC2. The lowest BCUT2D eigenvalue weighted by Gasteiger charge is -2.22. The minimum Gasteiger partial charge on any atom is -0.330 e. The second-order valence-corrected chi connectivity index (χ2v) is 4.11. The van der Waals surface area contributed by atoms with Crippen LogP contribution in [0.1, 0.15) is 42.6 Å². The van der Waals surface area contributed by atoms with Gasteiger partial charge in [-0.15, -0.1) is 0 Å². The molecule has 1 aliphatic rings. The lowest BCUT2D eigenvalue weighted by atomic mass is 9.85. The standard InChI is InChI=1S/C11H19N3/c1-3-9-11-8(7-12)5-4-6-10(11)14(2)13-9/h8H,3-7,12H2,1-2H3. The molecule has 78 valence electrons. The van der Waals surface area contributed by atoms with Crippen LogP contribution in [0.5, 0.6) is 0 Å². The number of hydrogen-bond acceptors (Lipinski definition) is 2. The molecule has 1 aliphatic carbocycles. The Hall–Kier alpha value is -0.830. The van der Waals surface area contributed by atoms with Crippen molar-refractivity contribution >= 4 is 0 Å². The first-order valence-electron chi connectivity index (χ1n) is 5.52. The quantitative estimate of drug-likeness (QED) is 0.770. The van der Waals surface area contributed by atoms with Crippen molar-refractivity contribution < 1.29 is 0 Å². The molecule has 0 fully saturated rings. The summed E-state index contributed by atoms with van der Waals surface area (Å²) in [4.78, 5) is 0. The highest BCUT2D eigenvalue weighted by atomic mass is 15.3. The maximum atomic E-state index is 5.81. The first kappa shape index (κ1) is 9.71. The third-order valence-electron chi connectivity index (χ3n) is 3.28. The summed E-state index contributed by atoms with van der Waals surface area (Å²) < 4.78 is 2.05. The fourth-order valence-electron chi connectivity index (χ4n) is 2.56. The number of aromatic nitrogens is 2. The minimum atomic E-state index is 0.558. The number of nitrogens with two attached hydrogens (primary N) is 1. The van der Waals surface area contributed by atoms with Crippen LogP contribution in [0.25, 0.3) is 0 Å². The molecule has 0 aromatic carbocycles. The first-order chi connectivity index (χ1) is 6.77. The molecule has 0 saturated heterocycles. The smallest absolute Gasteiger partial charge is 0.0659 e. The van der Waals surface area contributed by atoms with Gasteiger partial charge in [-0.05, 0) is 38.1 Å². The molecule has 0 spiro atoms. The fraction of sp³-hybridized carbons (Fsp3) is 0.727. The zero-order valence-electron chi connectivity index (χ0n) is 9.08. The maximum Gasteiger partial charge on any atom is 0.0659 e. The van der Waals surface area contributed by atoms with Crippen molar-refractivity contribution in [2.45, 2.75) is 38.5 Å². The lowest BCUT2D eigenvalue weighted by molar-refractivity contribution is 0.540. The van der Waals surface area contributed by atoms with E-state index in [0.717, 1.165) is 13.0 Å². The zero-order valence-corrected chi connectivity index (χ0v) is 9.08. The molecular weight excluding hydrogens is 174 g/mol. The van der Waals surface area contributed by atoms with E-state index in [9.17, 15) is 0 Å². The average molecular weight is 193 g/mol. The van der Waals surface area contributed by atoms with E-state index in [1.165, 1.54) is 36.2 Å². The number of nitrogens with zero attached hydrogens (tertiary/aromatic N) is 2. The van der Waals surface area contributed by atoms with Gasteiger partial charge in [-0.1, -0.05) is 6.92 Å². The molecule has 2 N–H and O–H groups in total. The van der Waals surface area contributed by atoms with E-state index in [2.05, 4.69) is 23.8 Å². The number of rotatable bonds is 2. The largest absolute Gasteiger partial charge is 0.330 e. The van der Waals surface area contributed by atoms with E-state index in [4.69, 9.17) is 5.73 Å². The Morgan fingerprint density at radius 1 is 1.57 bits per heavy atom. The molecule has 1 aromatic heterocycles. The first-order valence-corrected chi connectivity index (χ1v) is 5.52. The van der Waals surface area contributed by atoms with E-state index in [1.807, 2.05) is 0 Å². The molecule has 14 heavy (non-hydrogen) atoms. The van der Waals surface area contributed by atoms with E-state index in [-0.39, 0.29) is 0 Å². The summed E-state index contributed by atoms with van der Waals surface area (Å²) >= 11 is 0. The van der Waals surface area contributed by atoms with Crippen molar-refractivity contribution in [2.75, 3.05) is 6.54 Å². The molecule has 1 heterocycles.